The van der Waals surface area contributed by atoms with Crippen LogP contribution in [0.2, 0.25) is 0 Å². The van der Waals surface area contributed by atoms with Crippen LogP contribution in [0, 0.1) is 41.0 Å². The molecule has 0 aliphatic heterocycles. The lowest BCUT2D eigenvalue weighted by Crippen LogP contribution is -2.58. The highest BCUT2D eigenvalue weighted by atomic mass is 19.2. The first-order valence-corrected chi connectivity index (χ1v) is 19.1. The van der Waals surface area contributed by atoms with Gasteiger partial charge in [0.25, 0.3) is 5.91 Å². The molecular formula is C40H58F4N6O6. The van der Waals surface area contributed by atoms with Gasteiger partial charge in [-0.25, -0.2) is 8.78 Å². The number of hydrogen-bond donors (Lipinski definition) is 7. The van der Waals surface area contributed by atoms with Gasteiger partial charge in [0.15, 0.2) is 17.4 Å². The van der Waals surface area contributed by atoms with Gasteiger partial charge in [-0.2, -0.15) is 8.78 Å². The average molecular weight is 795 g/mol. The maximum absolute atomic E-state index is 14.6. The van der Waals surface area contributed by atoms with E-state index in [9.17, 15) is 46.6 Å². The van der Waals surface area contributed by atoms with Crippen LogP contribution >= 0.6 is 0 Å². The number of benzene rings is 2. The predicted molar refractivity (Wildman–Crippen MR) is 204 cm³/mol. The van der Waals surface area contributed by atoms with Crippen LogP contribution in [0.25, 0.3) is 0 Å². The molecule has 0 saturated heterocycles. The fourth-order valence-corrected chi connectivity index (χ4v) is 6.09. The second kappa shape index (κ2) is 22.7. The standard InChI is InChI=1S/C40H58F4N6O6/c1-9-26(36(52)50-34(23(7)8)40(56)45-10-2)46-20-25(18-21(3)4)47-37(53)27(17-16-24-14-12-11-13-15-24)48-38(54)28(19-22(5)6)49-39(55)29-30(41)32(43)35(51)33(44)31(29)42/h11-15,21-23,25-28,34,46,51H,9-10,16-20H2,1-8H3,(H,45,56)(H,47,53)(H,48,54)(H,49,55)(H,50,52)/t25-,26-,27-,28-,34-/m0/s1. The molecule has 2 aromatic carbocycles. The van der Waals surface area contributed by atoms with Crippen molar-refractivity contribution in [3.05, 3.63) is 64.7 Å². The van der Waals surface area contributed by atoms with Crippen molar-refractivity contribution in [2.24, 2.45) is 17.8 Å². The fourth-order valence-electron chi connectivity index (χ4n) is 6.09. The minimum Gasteiger partial charge on any atom is -0.503 e. The lowest BCUT2D eigenvalue weighted by Gasteiger charge is -2.29. The van der Waals surface area contributed by atoms with Gasteiger partial charge in [-0.3, -0.25) is 24.0 Å². The maximum Gasteiger partial charge on any atom is 0.258 e. The van der Waals surface area contributed by atoms with Crippen LogP contribution in [0.4, 0.5) is 17.6 Å². The van der Waals surface area contributed by atoms with E-state index >= 15 is 0 Å². The lowest BCUT2D eigenvalue weighted by molar-refractivity contribution is -0.131. The Hall–Kier alpha value is -4.73. The number of hydrogen-bond acceptors (Lipinski definition) is 7. The summed E-state index contributed by atoms with van der Waals surface area (Å²) >= 11 is 0. The number of carbonyl (C=O) groups is 5. The Kier molecular flexibility index (Phi) is 19.2. The molecular weight excluding hydrogens is 736 g/mol. The van der Waals surface area contributed by atoms with E-state index in [1.165, 1.54) is 0 Å². The Morgan fingerprint density at radius 2 is 1.21 bits per heavy atom. The predicted octanol–water partition coefficient (Wildman–Crippen LogP) is 4.39. The van der Waals surface area contributed by atoms with E-state index in [0.717, 1.165) is 5.56 Å². The Labute approximate surface area is 326 Å². The van der Waals surface area contributed by atoms with Crippen molar-refractivity contribution >= 4 is 29.5 Å². The third-order valence-electron chi connectivity index (χ3n) is 9.03. The van der Waals surface area contributed by atoms with E-state index < -0.39 is 82.5 Å². The van der Waals surface area contributed by atoms with E-state index in [4.69, 9.17) is 0 Å². The first kappa shape index (κ1) is 47.4. The molecule has 312 valence electrons. The van der Waals surface area contributed by atoms with Gasteiger partial charge in [0.2, 0.25) is 35.3 Å². The number of carbonyl (C=O) groups excluding carboxylic acids is 5. The van der Waals surface area contributed by atoms with Crippen LogP contribution in [0.15, 0.2) is 30.3 Å². The molecule has 0 aliphatic carbocycles. The molecule has 12 nitrogen and oxygen atoms in total. The zero-order valence-corrected chi connectivity index (χ0v) is 33.5. The van der Waals surface area contributed by atoms with Crippen molar-refractivity contribution in [3.63, 3.8) is 0 Å². The van der Waals surface area contributed by atoms with Crippen LogP contribution in [-0.4, -0.2) is 77.9 Å². The Bertz CT molecular complexity index is 1620. The van der Waals surface area contributed by atoms with Crippen LogP contribution in [0.3, 0.4) is 0 Å². The normalized spacial score (nSPS) is 14.1. The highest BCUT2D eigenvalue weighted by molar-refractivity contribution is 5.99. The molecule has 2 rings (SSSR count). The van der Waals surface area contributed by atoms with Gasteiger partial charge >= 0.3 is 0 Å². The van der Waals surface area contributed by atoms with Crippen molar-refractivity contribution in [1.29, 1.82) is 0 Å². The molecule has 5 amide bonds. The number of amides is 5. The van der Waals surface area contributed by atoms with Crippen LogP contribution in [0.1, 0.15) is 97.0 Å². The first-order chi connectivity index (χ1) is 26.3. The average Bonchev–Trinajstić information content (AvgIpc) is 3.13. The molecule has 0 radical (unpaired) electrons. The molecule has 56 heavy (non-hydrogen) atoms. The second-order valence-electron chi connectivity index (χ2n) is 15.0. The van der Waals surface area contributed by atoms with E-state index in [-0.39, 0.29) is 49.0 Å². The van der Waals surface area contributed by atoms with Crippen LogP contribution in [0.5, 0.6) is 5.75 Å². The summed E-state index contributed by atoms with van der Waals surface area (Å²) in [4.78, 5) is 66.7. The quantitative estimate of drug-likeness (QED) is 0.0683. The summed E-state index contributed by atoms with van der Waals surface area (Å²) < 4.78 is 57.3. The summed E-state index contributed by atoms with van der Waals surface area (Å²) in [6.45, 7) is 15.1. The number of rotatable bonds is 22. The zero-order chi connectivity index (χ0) is 42.3. The molecule has 0 spiro atoms. The molecule has 0 saturated carbocycles. The number of nitrogens with one attached hydrogen (secondary N) is 6. The Balaban J connectivity index is 2.35. The molecule has 0 bridgehead atoms. The molecule has 0 unspecified atom stereocenters. The van der Waals surface area contributed by atoms with Gasteiger partial charge in [-0.15, -0.1) is 0 Å². The highest BCUT2D eigenvalue weighted by Crippen LogP contribution is 2.29. The number of likely N-dealkylation sites (N-methyl/N-ethyl adjacent to an activating group) is 1. The molecule has 2 aromatic rings. The van der Waals surface area contributed by atoms with Crippen LogP contribution < -0.4 is 31.9 Å². The summed E-state index contributed by atoms with van der Waals surface area (Å²) in [5.74, 6) is -14.7. The van der Waals surface area contributed by atoms with Gasteiger partial charge < -0.3 is 37.0 Å². The van der Waals surface area contributed by atoms with Crippen molar-refractivity contribution in [2.75, 3.05) is 13.1 Å². The number of halogens is 4. The fraction of sp³-hybridized carbons (Fsp3) is 0.575. The molecule has 0 heterocycles. The molecule has 0 fully saturated rings. The third kappa shape index (κ3) is 14.1. The van der Waals surface area contributed by atoms with Gasteiger partial charge in [0.05, 0.1) is 6.04 Å². The van der Waals surface area contributed by atoms with Gasteiger partial charge in [-0.1, -0.05) is 78.8 Å². The number of aryl methyl sites for hydroxylation is 1. The largest absolute Gasteiger partial charge is 0.503 e. The molecule has 0 aromatic heterocycles. The van der Waals surface area contributed by atoms with Gasteiger partial charge in [0.1, 0.15) is 23.7 Å². The van der Waals surface area contributed by atoms with E-state index in [1.807, 2.05) is 65.0 Å². The SMILES string of the molecule is CCNC(=O)[C@@H](NC(=O)[C@H](CC)NC[C@H](CC(C)C)NC(=O)[C@H](CCc1ccccc1)NC(=O)[C@H](CC(C)C)NC(=O)c1c(F)c(F)c(O)c(F)c1F)C(C)C. The minimum atomic E-state index is -2.17. The van der Waals surface area contributed by atoms with Crippen molar-refractivity contribution in [1.82, 2.24) is 31.9 Å². The maximum atomic E-state index is 14.6. The number of phenols is 1. The highest BCUT2D eigenvalue weighted by Gasteiger charge is 2.34. The first-order valence-electron chi connectivity index (χ1n) is 19.1. The van der Waals surface area contributed by atoms with E-state index in [2.05, 4.69) is 31.9 Å². The third-order valence-corrected chi connectivity index (χ3v) is 9.03. The summed E-state index contributed by atoms with van der Waals surface area (Å²) in [5.41, 5.74) is -0.803. The molecule has 5 atom stereocenters. The van der Waals surface area contributed by atoms with Crippen molar-refractivity contribution < 1.29 is 46.6 Å². The summed E-state index contributed by atoms with van der Waals surface area (Å²) in [6, 6.07) is 4.48. The van der Waals surface area contributed by atoms with E-state index in [0.29, 0.717) is 25.8 Å². The van der Waals surface area contributed by atoms with Crippen molar-refractivity contribution in [3.8, 4) is 5.75 Å². The summed E-state index contributed by atoms with van der Waals surface area (Å²) in [5, 5.41) is 25.9. The van der Waals surface area contributed by atoms with Crippen LogP contribution in [-0.2, 0) is 25.6 Å². The number of phenolic OH excluding ortho intramolecular Hbond substituents is 1. The van der Waals surface area contributed by atoms with E-state index in [1.54, 1.807) is 20.8 Å². The van der Waals surface area contributed by atoms with Gasteiger partial charge in [0, 0.05) is 19.1 Å². The van der Waals surface area contributed by atoms with Crippen molar-refractivity contribution in [2.45, 2.75) is 118 Å². The minimum absolute atomic E-state index is 0.0883. The smallest absolute Gasteiger partial charge is 0.258 e. The Morgan fingerprint density at radius 1 is 0.661 bits per heavy atom. The molecule has 7 N–H and O–H groups in total. The molecule has 16 heteroatoms. The molecule has 0 aliphatic rings. The Morgan fingerprint density at radius 3 is 1.73 bits per heavy atom. The summed E-state index contributed by atoms with van der Waals surface area (Å²) in [6.07, 6.45) is 1.21. The second-order valence-corrected chi connectivity index (χ2v) is 15.0. The lowest BCUT2D eigenvalue weighted by atomic mass is 9.99. The monoisotopic (exact) mass is 794 g/mol. The topological polar surface area (TPSA) is 178 Å². The zero-order valence-electron chi connectivity index (χ0n) is 33.5. The summed E-state index contributed by atoms with van der Waals surface area (Å²) in [7, 11) is 0. The number of aromatic hydroxyl groups is 1. The van der Waals surface area contributed by atoms with Gasteiger partial charge in [-0.05, 0) is 62.3 Å².